The van der Waals surface area contributed by atoms with Crippen molar-refractivity contribution >= 4 is 23.5 Å². The second-order valence-electron chi connectivity index (χ2n) is 6.11. The van der Waals surface area contributed by atoms with Crippen LogP contribution >= 0.6 is 0 Å². The van der Waals surface area contributed by atoms with E-state index in [4.69, 9.17) is 4.74 Å². The summed E-state index contributed by atoms with van der Waals surface area (Å²) in [4.78, 5) is 48.0. The Hall–Kier alpha value is -3.55. The van der Waals surface area contributed by atoms with Gasteiger partial charge in [-0.1, -0.05) is 23.8 Å². The lowest BCUT2D eigenvalue weighted by Crippen LogP contribution is -2.32. The minimum atomic E-state index is -0.652. The fraction of sp³-hybridized carbons (Fsp3) is 0.211. The molecule has 2 amide bonds. The lowest BCUT2D eigenvalue weighted by atomic mass is 10.1. The molecule has 0 bridgehead atoms. The maximum absolute atomic E-state index is 12.3. The van der Waals surface area contributed by atoms with Crippen molar-refractivity contribution < 1.29 is 24.0 Å². The lowest BCUT2D eigenvalue weighted by Gasteiger charge is -2.13. The Kier molecular flexibility index (Phi) is 4.98. The molecule has 0 unspecified atom stereocenters. The first-order valence-electron chi connectivity index (χ1n) is 8.23. The second-order valence-corrected chi connectivity index (χ2v) is 6.11. The zero-order valence-electron chi connectivity index (χ0n) is 14.5. The largest absolute Gasteiger partial charge is 0.460 e. The third-order valence-corrected chi connectivity index (χ3v) is 4.24. The molecule has 0 atom stereocenters. The molecular weight excluding hydrogens is 352 g/mol. The Labute approximate surface area is 154 Å². The molecule has 3 rings (SSSR count). The van der Waals surface area contributed by atoms with E-state index in [9.17, 15) is 24.5 Å². The van der Waals surface area contributed by atoms with Gasteiger partial charge in [0.05, 0.1) is 28.0 Å². The van der Waals surface area contributed by atoms with E-state index in [0.717, 1.165) is 10.5 Å². The Balaban J connectivity index is 1.58. The van der Waals surface area contributed by atoms with Crippen LogP contribution in [0.2, 0.25) is 0 Å². The number of fused-ring (bicyclic) bond motifs is 1. The number of benzene rings is 2. The summed E-state index contributed by atoms with van der Waals surface area (Å²) in [7, 11) is 0. The van der Waals surface area contributed by atoms with Gasteiger partial charge < -0.3 is 4.74 Å². The third-order valence-electron chi connectivity index (χ3n) is 4.24. The highest BCUT2D eigenvalue weighted by Gasteiger charge is 2.35. The summed E-state index contributed by atoms with van der Waals surface area (Å²) in [6.45, 7) is 1.46. The van der Waals surface area contributed by atoms with Crippen LogP contribution in [-0.2, 0) is 16.1 Å². The van der Waals surface area contributed by atoms with Gasteiger partial charge in [0.1, 0.15) is 6.61 Å². The van der Waals surface area contributed by atoms with Crippen LogP contribution in [0.4, 0.5) is 5.69 Å². The number of hydrogen-bond acceptors (Lipinski definition) is 6. The van der Waals surface area contributed by atoms with Gasteiger partial charge in [0.25, 0.3) is 17.5 Å². The first kappa shape index (κ1) is 18.2. The number of esters is 1. The van der Waals surface area contributed by atoms with E-state index >= 15 is 0 Å². The molecule has 8 heteroatoms. The fourth-order valence-electron chi connectivity index (χ4n) is 2.85. The fourth-order valence-corrected chi connectivity index (χ4v) is 2.85. The minimum absolute atomic E-state index is 0.110. The van der Waals surface area contributed by atoms with Crippen LogP contribution in [-0.4, -0.2) is 34.2 Å². The van der Waals surface area contributed by atoms with Gasteiger partial charge in [0, 0.05) is 12.6 Å². The maximum Gasteiger partial charge on any atom is 0.307 e. The molecule has 1 aliphatic rings. The van der Waals surface area contributed by atoms with Crippen molar-refractivity contribution in [1.29, 1.82) is 0 Å². The number of amides is 2. The average molecular weight is 368 g/mol. The molecule has 0 aliphatic carbocycles. The van der Waals surface area contributed by atoms with Gasteiger partial charge in [-0.05, 0) is 25.1 Å². The summed E-state index contributed by atoms with van der Waals surface area (Å²) in [6, 6.07) is 10.9. The maximum atomic E-state index is 12.3. The Bertz CT molecular complexity index is 953. The highest BCUT2D eigenvalue weighted by molar-refractivity contribution is 6.21. The van der Waals surface area contributed by atoms with Crippen molar-refractivity contribution in [3.05, 3.63) is 74.8 Å². The molecule has 0 radical (unpaired) electrons. The van der Waals surface area contributed by atoms with Crippen LogP contribution in [0.3, 0.4) is 0 Å². The zero-order valence-corrected chi connectivity index (χ0v) is 14.5. The van der Waals surface area contributed by atoms with E-state index in [0.29, 0.717) is 11.1 Å². The molecule has 0 aromatic heterocycles. The van der Waals surface area contributed by atoms with Gasteiger partial charge in [-0.3, -0.25) is 29.4 Å². The van der Waals surface area contributed by atoms with Gasteiger partial charge in [-0.15, -0.1) is 0 Å². The number of rotatable bonds is 6. The summed E-state index contributed by atoms with van der Waals surface area (Å²) in [6.07, 6.45) is -0.189. The van der Waals surface area contributed by atoms with E-state index in [1.165, 1.54) is 18.2 Å². The number of carbonyl (C=O) groups is 3. The first-order chi connectivity index (χ1) is 12.9. The van der Waals surface area contributed by atoms with Crippen LogP contribution in [0, 0.1) is 17.0 Å². The van der Waals surface area contributed by atoms with Crippen LogP contribution in [0.5, 0.6) is 0 Å². The number of nitrogens with zero attached hydrogens (tertiary/aromatic N) is 2. The number of ether oxygens (including phenoxy) is 1. The van der Waals surface area contributed by atoms with Crippen LogP contribution in [0.1, 0.15) is 38.3 Å². The molecule has 138 valence electrons. The van der Waals surface area contributed by atoms with Crippen molar-refractivity contribution in [1.82, 2.24) is 4.90 Å². The molecule has 0 saturated carbocycles. The highest BCUT2D eigenvalue weighted by atomic mass is 16.6. The molecule has 0 spiro atoms. The monoisotopic (exact) mass is 368 g/mol. The number of carbonyl (C=O) groups excluding carboxylic acids is 3. The molecule has 8 nitrogen and oxygen atoms in total. The average Bonchev–Trinajstić information content (AvgIpc) is 2.88. The Morgan fingerprint density at radius 1 is 1.11 bits per heavy atom. The van der Waals surface area contributed by atoms with Gasteiger partial charge >= 0.3 is 5.97 Å². The van der Waals surface area contributed by atoms with Gasteiger partial charge in [-0.25, -0.2) is 0 Å². The third kappa shape index (κ3) is 3.69. The summed E-state index contributed by atoms with van der Waals surface area (Å²) in [5, 5.41) is 11.0. The molecule has 2 aromatic rings. The van der Waals surface area contributed by atoms with Crippen LogP contribution in [0.25, 0.3) is 0 Å². The van der Waals surface area contributed by atoms with Crippen molar-refractivity contribution in [2.75, 3.05) is 6.54 Å². The number of nitro groups is 1. The quantitative estimate of drug-likeness (QED) is 0.336. The number of para-hydroxylation sites is 1. The van der Waals surface area contributed by atoms with Gasteiger partial charge in [0.2, 0.25) is 0 Å². The molecule has 0 fully saturated rings. The summed E-state index contributed by atoms with van der Waals surface area (Å²) < 4.78 is 5.05. The molecule has 27 heavy (non-hydrogen) atoms. The second kappa shape index (κ2) is 7.36. The summed E-state index contributed by atoms with van der Waals surface area (Å²) in [5.74, 6) is -1.53. The standard InChI is InChI=1S/C19H16N2O6/c1-12-6-7-14-15(10-12)19(24)20(18(14)23)9-8-17(22)27-11-13-4-2-3-5-16(13)21(25)26/h2-7,10H,8-9,11H2,1H3. The molecular formula is C19H16N2O6. The predicted molar refractivity (Wildman–Crippen MR) is 94.1 cm³/mol. The number of imide groups is 1. The normalized spacial score (nSPS) is 12.9. The van der Waals surface area contributed by atoms with Crippen LogP contribution < -0.4 is 0 Å². The van der Waals surface area contributed by atoms with Gasteiger partial charge in [0.15, 0.2) is 0 Å². The smallest absolute Gasteiger partial charge is 0.307 e. The molecule has 0 N–H and O–H groups in total. The lowest BCUT2D eigenvalue weighted by molar-refractivity contribution is -0.385. The molecule has 1 aliphatic heterocycles. The highest BCUT2D eigenvalue weighted by Crippen LogP contribution is 2.24. The van der Waals surface area contributed by atoms with Crippen molar-refractivity contribution in [2.24, 2.45) is 0 Å². The molecule has 1 heterocycles. The zero-order chi connectivity index (χ0) is 19.6. The van der Waals surface area contributed by atoms with E-state index in [-0.39, 0.29) is 30.8 Å². The van der Waals surface area contributed by atoms with E-state index < -0.39 is 22.7 Å². The van der Waals surface area contributed by atoms with E-state index in [1.807, 2.05) is 6.92 Å². The summed E-state index contributed by atoms with van der Waals surface area (Å²) >= 11 is 0. The first-order valence-corrected chi connectivity index (χ1v) is 8.23. The van der Waals surface area contributed by atoms with E-state index in [2.05, 4.69) is 0 Å². The van der Waals surface area contributed by atoms with Gasteiger partial charge in [-0.2, -0.15) is 0 Å². The summed E-state index contributed by atoms with van der Waals surface area (Å²) in [5.41, 5.74) is 1.64. The Morgan fingerprint density at radius 3 is 2.56 bits per heavy atom. The number of aryl methyl sites for hydroxylation is 1. The Morgan fingerprint density at radius 2 is 1.81 bits per heavy atom. The number of nitro benzene ring substituents is 1. The van der Waals surface area contributed by atoms with Crippen LogP contribution in [0.15, 0.2) is 42.5 Å². The number of hydrogen-bond donors (Lipinski definition) is 0. The minimum Gasteiger partial charge on any atom is -0.460 e. The SMILES string of the molecule is Cc1ccc2c(c1)C(=O)N(CCC(=O)OCc1ccccc1[N+](=O)[O-])C2=O. The van der Waals surface area contributed by atoms with Crippen molar-refractivity contribution in [3.63, 3.8) is 0 Å². The predicted octanol–water partition coefficient (Wildman–Crippen LogP) is 2.63. The van der Waals surface area contributed by atoms with E-state index in [1.54, 1.807) is 24.3 Å². The molecule has 2 aromatic carbocycles. The van der Waals surface area contributed by atoms with Crippen molar-refractivity contribution in [2.45, 2.75) is 20.0 Å². The van der Waals surface area contributed by atoms with Crippen molar-refractivity contribution in [3.8, 4) is 0 Å². The topological polar surface area (TPSA) is 107 Å². The molecule has 0 saturated heterocycles.